The molecule has 0 bridgehead atoms. The number of likely N-dealkylation sites (tertiary alicyclic amines) is 1. The van der Waals surface area contributed by atoms with E-state index in [1.807, 2.05) is 0 Å². The van der Waals surface area contributed by atoms with Crippen molar-refractivity contribution in [3.05, 3.63) is 11.7 Å². The molecule has 0 N–H and O–H groups in total. The van der Waals surface area contributed by atoms with E-state index in [0.29, 0.717) is 24.7 Å². The molecule has 2 aliphatic rings. The van der Waals surface area contributed by atoms with Crippen molar-refractivity contribution in [3.8, 4) is 0 Å². The largest absolute Gasteiger partial charge is 0.340 e. The highest BCUT2D eigenvalue weighted by atomic mass is 32.2. The summed E-state index contributed by atoms with van der Waals surface area (Å²) in [5.74, 6) is 0.588. The Morgan fingerprint density at radius 1 is 1.40 bits per heavy atom. The second-order valence-electron chi connectivity index (χ2n) is 5.46. The number of aryl methyl sites for hydroxylation is 1. The Balaban J connectivity index is 1.77. The topological polar surface area (TPSA) is 93.4 Å². The van der Waals surface area contributed by atoms with E-state index >= 15 is 0 Å². The lowest BCUT2D eigenvalue weighted by molar-refractivity contribution is -0.135. The second kappa shape index (κ2) is 4.83. The molecule has 2 unspecified atom stereocenters. The average molecular weight is 299 g/mol. The molecule has 2 aliphatic heterocycles. The van der Waals surface area contributed by atoms with Crippen molar-refractivity contribution in [1.29, 1.82) is 0 Å². The first-order chi connectivity index (χ1) is 9.46. The zero-order valence-corrected chi connectivity index (χ0v) is 12.1. The normalized spacial score (nSPS) is 28.9. The molecule has 0 aliphatic carbocycles. The van der Waals surface area contributed by atoms with Gasteiger partial charge in [-0.05, 0) is 19.3 Å². The van der Waals surface area contributed by atoms with Gasteiger partial charge in [0.05, 0.1) is 23.5 Å². The van der Waals surface area contributed by atoms with E-state index in [1.165, 1.54) is 0 Å². The van der Waals surface area contributed by atoms with E-state index in [-0.39, 0.29) is 23.5 Å². The van der Waals surface area contributed by atoms with Gasteiger partial charge >= 0.3 is 0 Å². The standard InChI is InChI=1S/C12H17N3O4S/c1-8-13-11(14-19-8)10-3-2-5-15(10)12(16)9-4-6-20(17,18)7-9/h9-10H,2-7H2,1H3. The van der Waals surface area contributed by atoms with Crippen LogP contribution in [0.1, 0.15) is 37.0 Å². The molecule has 0 saturated carbocycles. The molecule has 110 valence electrons. The number of hydrogen-bond acceptors (Lipinski definition) is 6. The van der Waals surface area contributed by atoms with Crippen molar-refractivity contribution in [1.82, 2.24) is 15.0 Å². The van der Waals surface area contributed by atoms with Gasteiger partial charge in [0.2, 0.25) is 11.8 Å². The van der Waals surface area contributed by atoms with E-state index in [4.69, 9.17) is 4.52 Å². The molecule has 8 heteroatoms. The zero-order chi connectivity index (χ0) is 14.3. The summed E-state index contributed by atoms with van der Waals surface area (Å²) in [5.41, 5.74) is 0. The van der Waals surface area contributed by atoms with Gasteiger partial charge < -0.3 is 9.42 Å². The third-order valence-electron chi connectivity index (χ3n) is 3.96. The van der Waals surface area contributed by atoms with Gasteiger partial charge in [0.1, 0.15) is 0 Å². The summed E-state index contributed by atoms with van der Waals surface area (Å²) in [7, 11) is -3.05. The maximum atomic E-state index is 12.5. The smallest absolute Gasteiger partial charge is 0.227 e. The van der Waals surface area contributed by atoms with Crippen molar-refractivity contribution in [2.45, 2.75) is 32.2 Å². The summed E-state index contributed by atoms with van der Waals surface area (Å²) < 4.78 is 28.0. The van der Waals surface area contributed by atoms with E-state index in [1.54, 1.807) is 11.8 Å². The summed E-state index contributed by atoms with van der Waals surface area (Å²) in [6.45, 7) is 2.34. The van der Waals surface area contributed by atoms with Gasteiger partial charge in [-0.3, -0.25) is 4.79 Å². The molecule has 0 radical (unpaired) electrons. The Kier molecular flexibility index (Phi) is 3.27. The van der Waals surface area contributed by atoms with Crippen LogP contribution in [0.25, 0.3) is 0 Å². The highest BCUT2D eigenvalue weighted by Gasteiger charge is 2.40. The first-order valence-electron chi connectivity index (χ1n) is 6.77. The molecule has 20 heavy (non-hydrogen) atoms. The SMILES string of the molecule is Cc1nc(C2CCCN2C(=O)C2CCS(=O)(=O)C2)no1. The number of nitrogens with zero attached hydrogens (tertiary/aromatic N) is 3. The number of rotatable bonds is 2. The summed E-state index contributed by atoms with van der Waals surface area (Å²) in [6.07, 6.45) is 2.10. The van der Waals surface area contributed by atoms with Crippen LogP contribution < -0.4 is 0 Å². The Hall–Kier alpha value is -1.44. The van der Waals surface area contributed by atoms with Crippen LogP contribution in [0.2, 0.25) is 0 Å². The monoisotopic (exact) mass is 299 g/mol. The summed E-state index contributed by atoms with van der Waals surface area (Å²) in [6, 6.07) is -0.178. The molecule has 1 aromatic rings. The van der Waals surface area contributed by atoms with Crippen LogP contribution >= 0.6 is 0 Å². The van der Waals surface area contributed by atoms with Crippen molar-refractivity contribution in [2.75, 3.05) is 18.1 Å². The van der Waals surface area contributed by atoms with Crippen LogP contribution in [0.15, 0.2) is 4.52 Å². The Bertz CT molecular complexity index is 624. The number of sulfone groups is 1. The lowest BCUT2D eigenvalue weighted by Gasteiger charge is -2.24. The minimum atomic E-state index is -3.05. The second-order valence-corrected chi connectivity index (χ2v) is 7.69. The molecule has 1 aromatic heterocycles. The fraction of sp³-hybridized carbons (Fsp3) is 0.750. The summed E-state index contributed by atoms with van der Waals surface area (Å²) >= 11 is 0. The summed E-state index contributed by atoms with van der Waals surface area (Å²) in [5, 5.41) is 3.89. The van der Waals surface area contributed by atoms with Crippen LogP contribution in [0.5, 0.6) is 0 Å². The molecule has 1 amide bonds. The third kappa shape index (κ3) is 2.44. The van der Waals surface area contributed by atoms with Crippen molar-refractivity contribution >= 4 is 15.7 Å². The Labute approximate surface area is 117 Å². The molecule has 2 atom stereocenters. The highest BCUT2D eigenvalue weighted by Crippen LogP contribution is 2.33. The van der Waals surface area contributed by atoms with Gasteiger partial charge in [-0.15, -0.1) is 0 Å². The third-order valence-corrected chi connectivity index (χ3v) is 5.73. The van der Waals surface area contributed by atoms with Gasteiger partial charge in [0.15, 0.2) is 15.7 Å². The van der Waals surface area contributed by atoms with Gasteiger partial charge in [0.25, 0.3) is 0 Å². The van der Waals surface area contributed by atoms with Gasteiger partial charge in [-0.25, -0.2) is 8.42 Å². The summed E-state index contributed by atoms with van der Waals surface area (Å²) in [4.78, 5) is 18.4. The van der Waals surface area contributed by atoms with Gasteiger partial charge in [-0.1, -0.05) is 5.16 Å². The maximum absolute atomic E-state index is 12.5. The zero-order valence-electron chi connectivity index (χ0n) is 11.3. The fourth-order valence-corrected chi connectivity index (χ4v) is 4.71. The first kappa shape index (κ1) is 13.5. The predicted molar refractivity (Wildman–Crippen MR) is 69.5 cm³/mol. The van der Waals surface area contributed by atoms with Crippen molar-refractivity contribution < 1.29 is 17.7 Å². The minimum Gasteiger partial charge on any atom is -0.340 e. The van der Waals surface area contributed by atoms with E-state index in [9.17, 15) is 13.2 Å². The minimum absolute atomic E-state index is 0.0275. The number of hydrogen-bond donors (Lipinski definition) is 0. The lowest BCUT2D eigenvalue weighted by Crippen LogP contribution is -2.36. The Morgan fingerprint density at radius 2 is 2.20 bits per heavy atom. The molecule has 7 nitrogen and oxygen atoms in total. The van der Waals surface area contributed by atoms with Crippen molar-refractivity contribution in [3.63, 3.8) is 0 Å². The number of amides is 1. The fourth-order valence-electron chi connectivity index (χ4n) is 2.97. The first-order valence-corrected chi connectivity index (χ1v) is 8.59. The lowest BCUT2D eigenvalue weighted by atomic mass is 10.1. The highest BCUT2D eigenvalue weighted by molar-refractivity contribution is 7.91. The molecular weight excluding hydrogens is 282 g/mol. The van der Waals surface area contributed by atoms with Gasteiger partial charge in [-0.2, -0.15) is 4.98 Å². The van der Waals surface area contributed by atoms with Crippen LogP contribution in [0.4, 0.5) is 0 Å². The van der Waals surface area contributed by atoms with Crippen molar-refractivity contribution in [2.24, 2.45) is 5.92 Å². The van der Waals surface area contributed by atoms with Crippen LogP contribution in [0.3, 0.4) is 0 Å². The van der Waals surface area contributed by atoms with E-state index in [0.717, 1.165) is 12.8 Å². The number of carbonyl (C=O) groups excluding carboxylic acids is 1. The quantitative estimate of drug-likeness (QED) is 0.788. The molecule has 3 rings (SSSR count). The van der Waals surface area contributed by atoms with Crippen LogP contribution in [0, 0.1) is 12.8 Å². The average Bonchev–Trinajstić information content (AvgIpc) is 3.07. The molecule has 3 heterocycles. The van der Waals surface area contributed by atoms with Crippen LogP contribution in [-0.2, 0) is 14.6 Å². The van der Waals surface area contributed by atoms with E-state index in [2.05, 4.69) is 10.1 Å². The van der Waals surface area contributed by atoms with Gasteiger partial charge in [0, 0.05) is 13.5 Å². The molecule has 0 aromatic carbocycles. The molecule has 0 spiro atoms. The molecule has 2 fully saturated rings. The molecular formula is C12H17N3O4S. The van der Waals surface area contributed by atoms with Crippen LogP contribution in [-0.4, -0.2) is 47.4 Å². The predicted octanol–water partition coefficient (Wildman–Crippen LogP) is 0.476. The number of aromatic nitrogens is 2. The molecule has 2 saturated heterocycles. The Morgan fingerprint density at radius 3 is 2.80 bits per heavy atom. The number of carbonyl (C=O) groups is 1. The maximum Gasteiger partial charge on any atom is 0.227 e. The van der Waals surface area contributed by atoms with E-state index < -0.39 is 15.8 Å².